The highest BCUT2D eigenvalue weighted by atomic mass is 19.1. The number of benzene rings is 1. The van der Waals surface area contributed by atoms with E-state index in [1.165, 1.54) is 6.07 Å². The number of aliphatic hydroxyl groups excluding tert-OH is 1. The number of phenolic OH excluding ortho intramolecular Hbond substituents is 1. The minimum atomic E-state index is -0.484. The van der Waals surface area contributed by atoms with Crippen molar-refractivity contribution in [3.8, 4) is 17.0 Å². The second kappa shape index (κ2) is 6.96. The standard InChI is InChI=1S/C21H24FN5O2/c1-26-10-14(9-15(28)11-26)23-21-25-24-20(17-3-2-6-27(17)21)19-16(22)7-13(8-18(19)29)12-4-5-12/h2-3,6-8,12,14-15,28-29H,4-5,9-11H2,1H3,(H,23,25)/t14-,15+/m1/s1. The van der Waals surface area contributed by atoms with Crippen molar-refractivity contribution in [3.05, 3.63) is 41.8 Å². The molecule has 2 atom stereocenters. The summed E-state index contributed by atoms with van der Waals surface area (Å²) in [6, 6.07) is 6.83. The first kappa shape index (κ1) is 18.3. The molecule has 3 heterocycles. The predicted octanol–water partition coefficient (Wildman–Crippen LogP) is 2.60. The molecule has 1 saturated heterocycles. The molecular formula is C21H24FN5O2. The Hall–Kier alpha value is -2.71. The first-order valence-corrected chi connectivity index (χ1v) is 9.99. The number of rotatable bonds is 4. The number of nitrogens with one attached hydrogen (secondary N) is 1. The molecule has 0 bridgehead atoms. The normalized spacial score (nSPS) is 22.9. The van der Waals surface area contributed by atoms with Crippen LogP contribution in [0.25, 0.3) is 16.8 Å². The van der Waals surface area contributed by atoms with E-state index in [-0.39, 0.29) is 17.4 Å². The number of aromatic hydroxyl groups is 1. The van der Waals surface area contributed by atoms with Crippen LogP contribution >= 0.6 is 0 Å². The third kappa shape index (κ3) is 3.42. The van der Waals surface area contributed by atoms with Gasteiger partial charge in [-0.1, -0.05) is 0 Å². The number of hydrogen-bond donors (Lipinski definition) is 3. The van der Waals surface area contributed by atoms with E-state index >= 15 is 0 Å². The summed E-state index contributed by atoms with van der Waals surface area (Å²) in [5, 5.41) is 32.4. The number of likely N-dealkylation sites (tertiary alicyclic amines) is 1. The Morgan fingerprint density at radius 2 is 2.03 bits per heavy atom. The van der Waals surface area contributed by atoms with Gasteiger partial charge in [-0.15, -0.1) is 10.2 Å². The molecule has 3 N–H and O–H groups in total. The lowest BCUT2D eigenvalue weighted by atomic mass is 10.0. The average molecular weight is 397 g/mol. The maximum absolute atomic E-state index is 14.9. The monoisotopic (exact) mass is 397 g/mol. The molecule has 2 fully saturated rings. The molecule has 1 aliphatic heterocycles. The number of likely N-dealkylation sites (N-methyl/N-ethyl adjacent to an activating group) is 1. The minimum Gasteiger partial charge on any atom is -0.507 e. The number of fused-ring (bicyclic) bond motifs is 1. The highest BCUT2D eigenvalue weighted by molar-refractivity contribution is 5.81. The number of halogens is 1. The van der Waals surface area contributed by atoms with Crippen LogP contribution in [0.4, 0.5) is 10.3 Å². The summed E-state index contributed by atoms with van der Waals surface area (Å²) in [6.07, 6.45) is 4.12. The summed E-state index contributed by atoms with van der Waals surface area (Å²) in [5.74, 6) is 0.277. The summed E-state index contributed by atoms with van der Waals surface area (Å²) in [5.41, 5.74) is 1.87. The molecule has 3 aromatic rings. The van der Waals surface area contributed by atoms with E-state index in [1.54, 1.807) is 10.5 Å². The predicted molar refractivity (Wildman–Crippen MR) is 108 cm³/mol. The number of hydrogen-bond acceptors (Lipinski definition) is 6. The summed E-state index contributed by atoms with van der Waals surface area (Å²) in [6.45, 7) is 1.43. The fraction of sp³-hybridized carbons (Fsp3) is 0.429. The van der Waals surface area contributed by atoms with Crippen LogP contribution in [-0.2, 0) is 0 Å². The highest BCUT2D eigenvalue weighted by Crippen LogP contribution is 2.44. The van der Waals surface area contributed by atoms with E-state index in [0.717, 1.165) is 24.9 Å². The Morgan fingerprint density at radius 1 is 1.21 bits per heavy atom. The summed E-state index contributed by atoms with van der Waals surface area (Å²) >= 11 is 0. The molecule has 29 heavy (non-hydrogen) atoms. The Labute approximate surface area is 167 Å². The second-order valence-electron chi connectivity index (χ2n) is 8.26. The lowest BCUT2D eigenvalue weighted by molar-refractivity contribution is 0.0778. The molecule has 7 nitrogen and oxygen atoms in total. The molecule has 2 aliphatic rings. The molecule has 1 aromatic carbocycles. The van der Waals surface area contributed by atoms with Crippen molar-refractivity contribution in [2.45, 2.75) is 37.3 Å². The number of β-amino-alcohol motifs (C(OH)–C–C–N with tert-alkyl or cyclic N) is 1. The smallest absolute Gasteiger partial charge is 0.228 e. The fourth-order valence-electron chi connectivity index (χ4n) is 4.31. The summed E-state index contributed by atoms with van der Waals surface area (Å²) in [4.78, 5) is 2.06. The van der Waals surface area contributed by atoms with Gasteiger partial charge >= 0.3 is 0 Å². The van der Waals surface area contributed by atoms with Crippen molar-refractivity contribution in [3.63, 3.8) is 0 Å². The molecule has 0 amide bonds. The molecule has 0 radical (unpaired) electrons. The van der Waals surface area contributed by atoms with Crippen LogP contribution in [0.3, 0.4) is 0 Å². The van der Waals surface area contributed by atoms with Gasteiger partial charge in [0.15, 0.2) is 0 Å². The van der Waals surface area contributed by atoms with Crippen LogP contribution in [0, 0.1) is 5.82 Å². The lowest BCUT2D eigenvalue weighted by Crippen LogP contribution is -2.47. The van der Waals surface area contributed by atoms with Gasteiger partial charge in [0.2, 0.25) is 5.95 Å². The molecule has 1 saturated carbocycles. The third-order valence-corrected chi connectivity index (χ3v) is 5.79. The topological polar surface area (TPSA) is 85.9 Å². The number of piperidine rings is 1. The van der Waals surface area contributed by atoms with Gasteiger partial charge < -0.3 is 20.4 Å². The third-order valence-electron chi connectivity index (χ3n) is 5.79. The fourth-order valence-corrected chi connectivity index (χ4v) is 4.31. The van der Waals surface area contributed by atoms with Gasteiger partial charge in [0.05, 0.1) is 17.2 Å². The molecule has 0 unspecified atom stereocenters. The highest BCUT2D eigenvalue weighted by Gasteiger charge is 2.28. The largest absolute Gasteiger partial charge is 0.507 e. The molecule has 5 rings (SSSR count). The Balaban J connectivity index is 1.51. The molecular weight excluding hydrogens is 373 g/mol. The minimum absolute atomic E-state index is 0.0254. The Morgan fingerprint density at radius 3 is 2.76 bits per heavy atom. The average Bonchev–Trinajstić information content (AvgIpc) is 3.38. The van der Waals surface area contributed by atoms with Gasteiger partial charge in [-0.3, -0.25) is 4.40 Å². The van der Waals surface area contributed by atoms with Gasteiger partial charge in [0, 0.05) is 25.3 Å². The molecule has 1 aliphatic carbocycles. The van der Waals surface area contributed by atoms with Gasteiger partial charge in [0.1, 0.15) is 17.3 Å². The van der Waals surface area contributed by atoms with E-state index in [0.29, 0.717) is 36.0 Å². The number of phenols is 1. The summed E-state index contributed by atoms with van der Waals surface area (Å²) < 4.78 is 16.7. The van der Waals surface area contributed by atoms with E-state index in [9.17, 15) is 14.6 Å². The van der Waals surface area contributed by atoms with Crippen LogP contribution in [0.2, 0.25) is 0 Å². The number of aromatic nitrogens is 3. The van der Waals surface area contributed by atoms with Crippen molar-refractivity contribution >= 4 is 11.5 Å². The Kier molecular flexibility index (Phi) is 4.40. The van der Waals surface area contributed by atoms with Gasteiger partial charge in [0.25, 0.3) is 0 Å². The van der Waals surface area contributed by atoms with E-state index < -0.39 is 11.9 Å². The zero-order valence-electron chi connectivity index (χ0n) is 16.2. The second-order valence-corrected chi connectivity index (χ2v) is 8.26. The van der Waals surface area contributed by atoms with Crippen molar-refractivity contribution in [1.82, 2.24) is 19.5 Å². The van der Waals surface area contributed by atoms with Gasteiger partial charge in [-0.05, 0) is 62.1 Å². The molecule has 0 spiro atoms. The van der Waals surface area contributed by atoms with Crippen molar-refractivity contribution < 1.29 is 14.6 Å². The summed E-state index contributed by atoms with van der Waals surface area (Å²) in [7, 11) is 1.97. The molecule has 152 valence electrons. The van der Waals surface area contributed by atoms with Crippen LogP contribution in [0.5, 0.6) is 5.75 Å². The van der Waals surface area contributed by atoms with Gasteiger partial charge in [-0.2, -0.15) is 0 Å². The van der Waals surface area contributed by atoms with E-state index in [2.05, 4.69) is 20.4 Å². The maximum Gasteiger partial charge on any atom is 0.228 e. The van der Waals surface area contributed by atoms with Crippen molar-refractivity contribution in [1.29, 1.82) is 0 Å². The first-order valence-electron chi connectivity index (χ1n) is 9.99. The molecule has 2 aromatic heterocycles. The number of aliphatic hydroxyl groups is 1. The maximum atomic E-state index is 14.9. The SMILES string of the molecule is CN1C[C@@H](O)C[C@@H](Nc2nnc(-c3c(O)cc(C4CC4)cc3F)c3cccn23)C1. The Bertz CT molecular complexity index is 1030. The van der Waals surface area contributed by atoms with Crippen LogP contribution in [-0.4, -0.2) is 62.0 Å². The van der Waals surface area contributed by atoms with Gasteiger partial charge in [-0.25, -0.2) is 4.39 Å². The quantitative estimate of drug-likeness (QED) is 0.628. The zero-order chi connectivity index (χ0) is 20.1. The number of nitrogens with zero attached hydrogens (tertiary/aromatic N) is 4. The van der Waals surface area contributed by atoms with Crippen molar-refractivity contribution in [2.75, 3.05) is 25.5 Å². The van der Waals surface area contributed by atoms with Crippen LogP contribution in [0.1, 0.15) is 30.7 Å². The first-order chi connectivity index (χ1) is 14.0. The zero-order valence-corrected chi connectivity index (χ0v) is 16.2. The lowest BCUT2D eigenvalue weighted by Gasteiger charge is -2.33. The molecule has 8 heteroatoms. The van der Waals surface area contributed by atoms with Crippen LogP contribution < -0.4 is 5.32 Å². The van der Waals surface area contributed by atoms with Crippen molar-refractivity contribution in [2.24, 2.45) is 0 Å². The number of anilines is 1. The van der Waals surface area contributed by atoms with Crippen LogP contribution in [0.15, 0.2) is 30.5 Å². The van der Waals surface area contributed by atoms with E-state index in [4.69, 9.17) is 0 Å². The van der Waals surface area contributed by atoms with E-state index in [1.807, 2.05) is 25.4 Å².